The van der Waals surface area contributed by atoms with Crippen molar-refractivity contribution in [1.29, 1.82) is 0 Å². The van der Waals surface area contributed by atoms with Gasteiger partial charge < -0.3 is 4.90 Å². The van der Waals surface area contributed by atoms with E-state index in [1.807, 2.05) is 0 Å². The molecule has 0 saturated heterocycles. The van der Waals surface area contributed by atoms with Gasteiger partial charge in [0.25, 0.3) is 0 Å². The Kier molecular flexibility index (Phi) is 4.34. The lowest BCUT2D eigenvalue weighted by atomic mass is 10.1. The summed E-state index contributed by atoms with van der Waals surface area (Å²) in [6, 6.07) is 4.65. The van der Waals surface area contributed by atoms with Gasteiger partial charge in [0.15, 0.2) is 0 Å². The Labute approximate surface area is 133 Å². The molecule has 2 heterocycles. The molecule has 0 saturated carbocycles. The van der Waals surface area contributed by atoms with Crippen LogP contribution in [-0.4, -0.2) is 27.3 Å². The van der Waals surface area contributed by atoms with Crippen LogP contribution >= 0.6 is 11.6 Å². The van der Waals surface area contributed by atoms with Crippen molar-refractivity contribution in [3.8, 4) is 0 Å². The zero-order valence-electron chi connectivity index (χ0n) is 11.9. The highest BCUT2D eigenvalue weighted by molar-refractivity contribution is 6.30. The topological polar surface area (TPSA) is 46.1 Å². The summed E-state index contributed by atoms with van der Waals surface area (Å²) in [5, 5.41) is 0.0997. The summed E-state index contributed by atoms with van der Waals surface area (Å²) < 4.78 is 13.4. The molecule has 1 aliphatic rings. The zero-order chi connectivity index (χ0) is 15.5. The quantitative estimate of drug-likeness (QED) is 0.874. The first-order chi connectivity index (χ1) is 10.6. The molecule has 0 bridgehead atoms. The lowest BCUT2D eigenvalue weighted by Gasteiger charge is -2.27. The average molecular weight is 320 g/mol. The fraction of sp³-hybridized carbons (Fsp3) is 0.312. The Morgan fingerprint density at radius 3 is 3.09 bits per heavy atom. The molecule has 6 heteroatoms. The number of hydrogen-bond donors (Lipinski definition) is 0. The van der Waals surface area contributed by atoms with Crippen molar-refractivity contribution < 1.29 is 9.18 Å². The van der Waals surface area contributed by atoms with Gasteiger partial charge in [-0.25, -0.2) is 14.4 Å². The number of aromatic nitrogens is 2. The predicted molar refractivity (Wildman–Crippen MR) is 80.9 cm³/mol. The monoisotopic (exact) mass is 319 g/mol. The standard InChI is InChI=1S/C16H15ClFN3O/c17-13-3-1-11(7-14(13)18)2-4-16(22)21-6-5-15-12(9-21)8-19-10-20-15/h1,3,7-8,10H,2,4-6,9H2. The van der Waals surface area contributed by atoms with Gasteiger partial charge in [-0.3, -0.25) is 4.79 Å². The van der Waals surface area contributed by atoms with E-state index in [1.54, 1.807) is 17.2 Å². The van der Waals surface area contributed by atoms with Crippen LogP contribution in [0.3, 0.4) is 0 Å². The molecule has 2 aromatic rings. The number of carbonyl (C=O) groups excluding carboxylic acids is 1. The molecule has 1 aromatic heterocycles. The largest absolute Gasteiger partial charge is 0.338 e. The molecule has 0 aliphatic carbocycles. The number of fused-ring (bicyclic) bond motifs is 1. The Bertz CT molecular complexity index is 708. The highest BCUT2D eigenvalue weighted by atomic mass is 35.5. The molecule has 1 amide bonds. The molecule has 0 N–H and O–H groups in total. The Hall–Kier alpha value is -2.01. The molecule has 0 atom stereocenters. The number of halogens is 2. The lowest BCUT2D eigenvalue weighted by molar-refractivity contribution is -0.132. The minimum absolute atomic E-state index is 0.0601. The number of aryl methyl sites for hydroxylation is 1. The second-order valence-electron chi connectivity index (χ2n) is 5.31. The Morgan fingerprint density at radius 2 is 2.27 bits per heavy atom. The SMILES string of the molecule is O=C(CCc1ccc(Cl)c(F)c1)N1CCc2ncncc2C1. The van der Waals surface area contributed by atoms with E-state index in [0.29, 0.717) is 25.9 Å². The first-order valence-corrected chi connectivity index (χ1v) is 7.51. The summed E-state index contributed by atoms with van der Waals surface area (Å²) in [4.78, 5) is 22.3. The minimum Gasteiger partial charge on any atom is -0.338 e. The van der Waals surface area contributed by atoms with Crippen LogP contribution in [0.5, 0.6) is 0 Å². The maximum atomic E-state index is 13.4. The molecular formula is C16H15ClFN3O. The van der Waals surface area contributed by atoms with E-state index in [4.69, 9.17) is 11.6 Å². The van der Waals surface area contributed by atoms with Gasteiger partial charge in [0.2, 0.25) is 5.91 Å². The van der Waals surface area contributed by atoms with Crippen molar-refractivity contribution in [2.45, 2.75) is 25.8 Å². The highest BCUT2D eigenvalue weighted by Gasteiger charge is 2.21. The summed E-state index contributed by atoms with van der Waals surface area (Å²) >= 11 is 5.65. The van der Waals surface area contributed by atoms with Crippen molar-refractivity contribution in [3.05, 3.63) is 58.4 Å². The fourth-order valence-electron chi connectivity index (χ4n) is 2.58. The first-order valence-electron chi connectivity index (χ1n) is 7.13. The van der Waals surface area contributed by atoms with Gasteiger partial charge in [-0.2, -0.15) is 0 Å². The van der Waals surface area contributed by atoms with Gasteiger partial charge in [0.1, 0.15) is 12.1 Å². The summed E-state index contributed by atoms with van der Waals surface area (Å²) in [6.07, 6.45) is 4.90. The Morgan fingerprint density at radius 1 is 1.41 bits per heavy atom. The summed E-state index contributed by atoms with van der Waals surface area (Å²) in [5.41, 5.74) is 2.79. The third kappa shape index (κ3) is 3.25. The molecule has 114 valence electrons. The van der Waals surface area contributed by atoms with Crippen LogP contribution in [0, 0.1) is 5.82 Å². The molecule has 0 spiro atoms. The smallest absolute Gasteiger partial charge is 0.223 e. The van der Waals surface area contributed by atoms with Gasteiger partial charge >= 0.3 is 0 Å². The summed E-state index contributed by atoms with van der Waals surface area (Å²) in [5.74, 6) is -0.388. The molecule has 22 heavy (non-hydrogen) atoms. The second kappa shape index (κ2) is 6.40. The molecule has 4 nitrogen and oxygen atoms in total. The van der Waals surface area contributed by atoms with E-state index < -0.39 is 5.82 Å². The van der Waals surface area contributed by atoms with Crippen molar-refractivity contribution >= 4 is 17.5 Å². The van der Waals surface area contributed by atoms with Crippen molar-refractivity contribution in [1.82, 2.24) is 14.9 Å². The van der Waals surface area contributed by atoms with Crippen LogP contribution in [0.1, 0.15) is 23.2 Å². The molecular weight excluding hydrogens is 305 g/mol. The van der Waals surface area contributed by atoms with Crippen molar-refractivity contribution in [2.75, 3.05) is 6.54 Å². The van der Waals surface area contributed by atoms with Crippen molar-refractivity contribution in [3.63, 3.8) is 0 Å². The number of hydrogen-bond acceptors (Lipinski definition) is 3. The van der Waals surface area contributed by atoms with Gasteiger partial charge in [-0.1, -0.05) is 17.7 Å². The van der Waals surface area contributed by atoms with E-state index in [1.165, 1.54) is 18.5 Å². The Balaban J connectivity index is 1.60. The van der Waals surface area contributed by atoms with Gasteiger partial charge in [0.05, 0.1) is 10.7 Å². The van der Waals surface area contributed by atoms with Crippen molar-refractivity contribution in [2.24, 2.45) is 0 Å². The number of rotatable bonds is 3. The number of benzene rings is 1. The first kappa shape index (κ1) is 14.9. The van der Waals surface area contributed by atoms with Crippen LogP contribution in [0.4, 0.5) is 4.39 Å². The maximum absolute atomic E-state index is 13.4. The molecule has 1 aliphatic heterocycles. The zero-order valence-corrected chi connectivity index (χ0v) is 12.7. The lowest BCUT2D eigenvalue weighted by Crippen LogP contribution is -2.36. The van der Waals surface area contributed by atoms with Gasteiger partial charge in [-0.15, -0.1) is 0 Å². The van der Waals surface area contributed by atoms with Gasteiger partial charge in [-0.05, 0) is 24.1 Å². The van der Waals surface area contributed by atoms with E-state index in [9.17, 15) is 9.18 Å². The van der Waals surface area contributed by atoms with Crippen LogP contribution in [-0.2, 0) is 24.2 Å². The molecule has 0 fully saturated rings. The molecule has 0 unspecified atom stereocenters. The number of amides is 1. The van der Waals surface area contributed by atoms with E-state index >= 15 is 0 Å². The third-order valence-corrected chi connectivity index (χ3v) is 4.13. The van der Waals surface area contributed by atoms with Gasteiger partial charge in [0, 0.05) is 37.7 Å². The highest BCUT2D eigenvalue weighted by Crippen LogP contribution is 2.19. The maximum Gasteiger partial charge on any atom is 0.223 e. The third-order valence-electron chi connectivity index (χ3n) is 3.83. The van der Waals surface area contributed by atoms with Crippen LogP contribution in [0.2, 0.25) is 5.02 Å². The van der Waals surface area contributed by atoms with Crippen LogP contribution in [0.15, 0.2) is 30.7 Å². The molecule has 1 aromatic carbocycles. The number of nitrogens with zero attached hydrogens (tertiary/aromatic N) is 3. The fourth-order valence-corrected chi connectivity index (χ4v) is 2.70. The number of carbonyl (C=O) groups is 1. The van der Waals surface area contributed by atoms with E-state index in [2.05, 4.69) is 9.97 Å². The van der Waals surface area contributed by atoms with E-state index in [-0.39, 0.29) is 10.9 Å². The van der Waals surface area contributed by atoms with Crippen LogP contribution in [0.25, 0.3) is 0 Å². The van der Waals surface area contributed by atoms with Crippen LogP contribution < -0.4 is 0 Å². The molecule has 0 radical (unpaired) electrons. The minimum atomic E-state index is -0.448. The average Bonchev–Trinajstić information content (AvgIpc) is 2.55. The normalized spacial score (nSPS) is 13.8. The summed E-state index contributed by atoms with van der Waals surface area (Å²) in [7, 11) is 0. The second-order valence-corrected chi connectivity index (χ2v) is 5.72. The molecule has 3 rings (SSSR count). The predicted octanol–water partition coefficient (Wildman–Crippen LogP) is 2.79. The van der Waals surface area contributed by atoms with E-state index in [0.717, 1.165) is 23.2 Å². The summed E-state index contributed by atoms with van der Waals surface area (Å²) in [6.45, 7) is 1.21.